The van der Waals surface area contributed by atoms with Crippen LogP contribution in [0.15, 0.2) is 48.5 Å². The third-order valence-electron chi connectivity index (χ3n) is 8.31. The first-order chi connectivity index (χ1) is 17.8. The highest BCUT2D eigenvalue weighted by Crippen LogP contribution is 2.37. The van der Waals surface area contributed by atoms with Crippen LogP contribution in [0.1, 0.15) is 79.6 Å². The van der Waals surface area contributed by atoms with Gasteiger partial charge in [-0.25, -0.2) is 0 Å². The average Bonchev–Trinajstić information content (AvgIpc) is 3.15. The highest BCUT2D eigenvalue weighted by atomic mass is 16.2. The Morgan fingerprint density at radius 3 is 2.43 bits per heavy atom. The summed E-state index contributed by atoms with van der Waals surface area (Å²) in [4.78, 5) is 29.9. The molecule has 0 saturated heterocycles. The van der Waals surface area contributed by atoms with Crippen molar-refractivity contribution >= 4 is 17.5 Å². The quantitative estimate of drug-likeness (QED) is 0.440. The third-order valence-corrected chi connectivity index (χ3v) is 8.31. The van der Waals surface area contributed by atoms with Crippen molar-refractivity contribution in [3.8, 4) is 11.3 Å². The number of fused-ring (bicyclic) bond motifs is 1. The Hall–Kier alpha value is -3.41. The zero-order valence-corrected chi connectivity index (χ0v) is 22.5. The number of nitrogens with zero attached hydrogens (tertiary/aromatic N) is 3. The molecule has 0 radical (unpaired) electrons. The Morgan fingerprint density at radius 2 is 1.76 bits per heavy atom. The Kier molecular flexibility index (Phi) is 6.93. The lowest BCUT2D eigenvalue weighted by molar-refractivity contribution is -0.127. The van der Waals surface area contributed by atoms with Gasteiger partial charge >= 0.3 is 0 Å². The van der Waals surface area contributed by atoms with Crippen molar-refractivity contribution < 1.29 is 9.59 Å². The second-order valence-electron chi connectivity index (χ2n) is 10.9. The first kappa shape index (κ1) is 25.2. The number of benzene rings is 2. The first-order valence-electron chi connectivity index (χ1n) is 13.7. The largest absolute Gasteiger partial charge is 0.351 e. The molecule has 2 heterocycles. The summed E-state index contributed by atoms with van der Waals surface area (Å²) in [6.45, 7) is 8.38. The van der Waals surface area contributed by atoms with Crippen molar-refractivity contribution in [3.05, 3.63) is 70.9 Å². The van der Waals surface area contributed by atoms with Crippen LogP contribution >= 0.6 is 0 Å². The average molecular weight is 499 g/mol. The van der Waals surface area contributed by atoms with Crippen LogP contribution in [-0.4, -0.2) is 33.2 Å². The van der Waals surface area contributed by atoms with Gasteiger partial charge in [-0.1, -0.05) is 69.0 Å². The first-order valence-corrected chi connectivity index (χ1v) is 13.7. The van der Waals surface area contributed by atoms with E-state index in [2.05, 4.69) is 36.5 Å². The van der Waals surface area contributed by atoms with Gasteiger partial charge < -0.3 is 5.32 Å². The molecule has 1 saturated carbocycles. The number of carbonyl (C=O) groups excluding carboxylic acids is 2. The molecule has 1 aliphatic carbocycles. The van der Waals surface area contributed by atoms with E-state index in [0.29, 0.717) is 12.2 Å². The Labute approximate surface area is 220 Å². The maximum Gasteiger partial charge on any atom is 0.277 e. The van der Waals surface area contributed by atoms with E-state index in [4.69, 9.17) is 5.10 Å². The number of hydrogen-bond acceptors (Lipinski definition) is 3. The number of amides is 2. The molecule has 37 heavy (non-hydrogen) atoms. The minimum atomic E-state index is -1.11. The summed E-state index contributed by atoms with van der Waals surface area (Å²) in [6, 6.07) is 16.3. The molecule has 1 fully saturated rings. The lowest BCUT2D eigenvalue weighted by atomic mass is 9.91. The number of anilines is 1. The molecule has 0 unspecified atom stereocenters. The van der Waals surface area contributed by atoms with Crippen molar-refractivity contribution in [2.75, 3.05) is 4.90 Å². The predicted octanol–water partition coefficient (Wildman–Crippen LogP) is 5.99. The van der Waals surface area contributed by atoms with Crippen LogP contribution in [0.2, 0.25) is 0 Å². The molecule has 1 aliphatic heterocycles. The maximum absolute atomic E-state index is 14.2. The second-order valence-corrected chi connectivity index (χ2v) is 10.9. The number of aryl methyl sites for hydroxylation is 2. The minimum Gasteiger partial charge on any atom is -0.351 e. The molecular weight excluding hydrogens is 460 g/mol. The van der Waals surface area contributed by atoms with Crippen LogP contribution in [0.25, 0.3) is 11.3 Å². The molecule has 2 aliphatic rings. The van der Waals surface area contributed by atoms with E-state index in [9.17, 15) is 9.59 Å². The van der Waals surface area contributed by atoms with E-state index in [0.717, 1.165) is 60.2 Å². The van der Waals surface area contributed by atoms with Crippen LogP contribution < -0.4 is 10.2 Å². The summed E-state index contributed by atoms with van der Waals surface area (Å²) in [7, 11) is 0. The molecule has 5 rings (SSSR count). The monoisotopic (exact) mass is 498 g/mol. The molecule has 1 N–H and O–H groups in total. The summed E-state index contributed by atoms with van der Waals surface area (Å²) >= 11 is 0. The van der Waals surface area contributed by atoms with E-state index >= 15 is 0 Å². The second kappa shape index (κ2) is 10.2. The minimum absolute atomic E-state index is 0.108. The lowest BCUT2D eigenvalue weighted by Gasteiger charge is -2.44. The molecule has 6 nitrogen and oxygen atoms in total. The molecule has 0 spiro atoms. The molecule has 1 atom stereocenters. The summed E-state index contributed by atoms with van der Waals surface area (Å²) in [5.74, 6) is -0.300. The molecule has 194 valence electrons. The maximum atomic E-state index is 14.2. The highest BCUT2D eigenvalue weighted by molar-refractivity contribution is 6.12. The molecule has 2 aromatic carbocycles. The number of nitrogens with one attached hydrogen (secondary N) is 1. The summed E-state index contributed by atoms with van der Waals surface area (Å²) in [6.07, 6.45) is 7.65. The van der Waals surface area contributed by atoms with Gasteiger partial charge in [0.05, 0.1) is 12.2 Å². The van der Waals surface area contributed by atoms with Gasteiger partial charge in [0.15, 0.2) is 0 Å². The molecule has 1 aromatic heterocycles. The van der Waals surface area contributed by atoms with E-state index in [1.807, 2.05) is 45.0 Å². The van der Waals surface area contributed by atoms with Gasteiger partial charge in [-0.05, 0) is 68.9 Å². The summed E-state index contributed by atoms with van der Waals surface area (Å²) < 4.78 is 1.74. The van der Waals surface area contributed by atoms with Gasteiger partial charge in [-0.2, -0.15) is 5.10 Å². The smallest absolute Gasteiger partial charge is 0.277 e. The van der Waals surface area contributed by atoms with E-state index in [1.54, 1.807) is 9.58 Å². The van der Waals surface area contributed by atoms with Gasteiger partial charge in [0, 0.05) is 17.3 Å². The molecular formula is C31H38N4O2. The number of aromatic nitrogens is 2. The fourth-order valence-corrected chi connectivity index (χ4v) is 5.75. The van der Waals surface area contributed by atoms with Crippen molar-refractivity contribution in [2.24, 2.45) is 0 Å². The van der Waals surface area contributed by atoms with Gasteiger partial charge in [0.25, 0.3) is 5.91 Å². The number of rotatable bonds is 5. The zero-order valence-electron chi connectivity index (χ0n) is 22.5. The van der Waals surface area contributed by atoms with Gasteiger partial charge in [-0.3, -0.25) is 19.2 Å². The van der Waals surface area contributed by atoms with Crippen molar-refractivity contribution in [1.82, 2.24) is 15.1 Å². The van der Waals surface area contributed by atoms with E-state index in [-0.39, 0.29) is 17.9 Å². The van der Waals surface area contributed by atoms with E-state index < -0.39 is 5.54 Å². The Morgan fingerprint density at radius 1 is 1.05 bits per heavy atom. The lowest BCUT2D eigenvalue weighted by Crippen LogP contribution is -2.65. The molecule has 2 amide bonds. The topological polar surface area (TPSA) is 67.2 Å². The fourth-order valence-electron chi connectivity index (χ4n) is 5.75. The van der Waals surface area contributed by atoms with Crippen LogP contribution in [0, 0.1) is 13.8 Å². The van der Waals surface area contributed by atoms with Gasteiger partial charge in [-0.15, -0.1) is 0 Å². The Balaban J connectivity index is 1.56. The number of hydrogen-bond donors (Lipinski definition) is 1. The molecule has 3 aromatic rings. The molecule has 6 heteroatoms. The van der Waals surface area contributed by atoms with Crippen LogP contribution in [0.4, 0.5) is 5.69 Å². The fraction of sp³-hybridized carbons (Fsp3) is 0.452. The van der Waals surface area contributed by atoms with Crippen LogP contribution in [0.5, 0.6) is 0 Å². The number of carbonyl (C=O) groups is 2. The highest BCUT2D eigenvalue weighted by Gasteiger charge is 2.49. The van der Waals surface area contributed by atoms with Gasteiger partial charge in [0.2, 0.25) is 5.91 Å². The van der Waals surface area contributed by atoms with E-state index in [1.165, 1.54) is 18.4 Å². The standard InChI is InChI=1S/C31H38N4O2/c1-5-23-15-17-24(18-16-23)26-19-28-29(36)35(27-14-10-11-21(2)22(27)3)31(4,20-34(28)33-26)30(37)32-25-12-8-6-7-9-13-25/h10-11,14-19,25H,5-9,12-13,20H2,1-4H3,(H,32,37)/t31-/m0/s1. The summed E-state index contributed by atoms with van der Waals surface area (Å²) in [5.41, 5.74) is 5.26. The zero-order chi connectivity index (χ0) is 26.2. The third kappa shape index (κ3) is 4.70. The summed E-state index contributed by atoms with van der Waals surface area (Å²) in [5, 5.41) is 8.16. The van der Waals surface area contributed by atoms with Crippen molar-refractivity contribution in [1.29, 1.82) is 0 Å². The SMILES string of the molecule is CCc1ccc(-c2cc3n(n2)C[C@@](C)(C(=O)NC2CCCCCC2)N(c2cccc(C)c2C)C3=O)cc1. The van der Waals surface area contributed by atoms with Gasteiger partial charge in [0.1, 0.15) is 11.2 Å². The van der Waals surface area contributed by atoms with Crippen LogP contribution in [0.3, 0.4) is 0 Å². The van der Waals surface area contributed by atoms with Crippen LogP contribution in [-0.2, 0) is 17.8 Å². The Bertz CT molecular complexity index is 1300. The molecule has 0 bridgehead atoms. The normalized spacial score (nSPS) is 20.4. The van der Waals surface area contributed by atoms with Crippen molar-refractivity contribution in [3.63, 3.8) is 0 Å². The predicted molar refractivity (Wildman–Crippen MR) is 148 cm³/mol. The van der Waals surface area contributed by atoms with Crippen molar-refractivity contribution in [2.45, 2.75) is 90.8 Å².